The zero-order chi connectivity index (χ0) is 24.1. The van der Waals surface area contributed by atoms with Crippen molar-refractivity contribution in [1.29, 1.82) is 0 Å². The summed E-state index contributed by atoms with van der Waals surface area (Å²) in [4.78, 5) is 25.0. The van der Waals surface area contributed by atoms with Gasteiger partial charge in [0.1, 0.15) is 0 Å². The van der Waals surface area contributed by atoms with Gasteiger partial charge in [-0.25, -0.2) is 0 Å². The van der Waals surface area contributed by atoms with Crippen molar-refractivity contribution >= 4 is 75.7 Å². The number of rotatable bonds is 8. The molecular weight excluding hydrogens is 528 g/mol. The molecule has 0 aliphatic rings. The summed E-state index contributed by atoms with van der Waals surface area (Å²) in [5.74, 6) is -0.0274. The second kappa shape index (κ2) is 11.4. The number of nitrogens with one attached hydrogen (secondary N) is 2. The van der Waals surface area contributed by atoms with Gasteiger partial charge in [0.2, 0.25) is 5.91 Å². The highest BCUT2D eigenvalue weighted by Crippen LogP contribution is 2.34. The summed E-state index contributed by atoms with van der Waals surface area (Å²) >= 11 is 25.4. The number of hydrogen-bond acceptors (Lipinski definition) is 5. The Morgan fingerprint density at radius 2 is 1.73 bits per heavy atom. The topological polar surface area (TPSA) is 88.9 Å². The van der Waals surface area contributed by atoms with E-state index in [1.165, 1.54) is 23.9 Å². The van der Waals surface area contributed by atoms with Gasteiger partial charge in [-0.15, -0.1) is 10.2 Å². The van der Waals surface area contributed by atoms with Crippen LogP contribution < -0.4 is 10.6 Å². The molecule has 33 heavy (non-hydrogen) atoms. The average molecular weight is 547 g/mol. The van der Waals surface area contributed by atoms with E-state index in [1.54, 1.807) is 31.2 Å². The van der Waals surface area contributed by atoms with E-state index in [0.29, 0.717) is 38.8 Å². The van der Waals surface area contributed by atoms with Crippen molar-refractivity contribution in [3.05, 3.63) is 67.9 Å². The molecule has 3 rings (SSSR count). The van der Waals surface area contributed by atoms with E-state index in [0.717, 1.165) is 0 Å². The molecule has 2 amide bonds. The molecule has 1 aromatic heterocycles. The minimum atomic E-state index is -0.434. The standard InChI is InChI=1S/C21H19Cl4N5O2S/c1-3-30-19(11(2)26-20(32)13-6-4-5-7-14(13)23)28-29-21(30)33-10-17(31)27-18-15(24)8-12(22)9-16(18)25/h4-9,11H,3,10H2,1-2H3,(H,26,32)(H,27,31)/t11-/m0/s1. The second-order valence-corrected chi connectivity index (χ2v) is 9.44. The first-order valence-corrected chi connectivity index (χ1v) is 12.3. The third-order valence-corrected chi connectivity index (χ3v) is 6.63. The van der Waals surface area contributed by atoms with E-state index in [9.17, 15) is 9.59 Å². The Balaban J connectivity index is 1.66. The number of carbonyl (C=O) groups is 2. The highest BCUT2D eigenvalue weighted by Gasteiger charge is 2.21. The first-order valence-electron chi connectivity index (χ1n) is 9.77. The number of benzene rings is 2. The monoisotopic (exact) mass is 545 g/mol. The number of amides is 2. The lowest BCUT2D eigenvalue weighted by atomic mass is 10.2. The third-order valence-electron chi connectivity index (χ3n) is 4.52. The Kier molecular flexibility index (Phi) is 8.89. The molecule has 2 N–H and O–H groups in total. The van der Waals surface area contributed by atoms with E-state index in [-0.39, 0.29) is 27.6 Å². The quantitative estimate of drug-likeness (QED) is 0.331. The number of carbonyl (C=O) groups excluding carboxylic acids is 2. The summed E-state index contributed by atoms with van der Waals surface area (Å²) in [5.41, 5.74) is 0.668. The van der Waals surface area contributed by atoms with Crippen molar-refractivity contribution in [2.45, 2.75) is 31.6 Å². The highest BCUT2D eigenvalue weighted by molar-refractivity contribution is 7.99. The summed E-state index contributed by atoms with van der Waals surface area (Å²) in [6.07, 6.45) is 0. The van der Waals surface area contributed by atoms with Crippen LogP contribution in [-0.2, 0) is 11.3 Å². The molecule has 0 aliphatic heterocycles. The average Bonchev–Trinajstić information content (AvgIpc) is 3.18. The molecule has 0 radical (unpaired) electrons. The lowest BCUT2D eigenvalue weighted by molar-refractivity contribution is -0.113. The number of anilines is 1. The van der Waals surface area contributed by atoms with Crippen molar-refractivity contribution in [3.8, 4) is 0 Å². The van der Waals surface area contributed by atoms with Crippen molar-refractivity contribution in [3.63, 3.8) is 0 Å². The van der Waals surface area contributed by atoms with E-state index in [2.05, 4.69) is 20.8 Å². The SMILES string of the molecule is CCn1c(SCC(=O)Nc2c(Cl)cc(Cl)cc2Cl)nnc1[C@H](C)NC(=O)c1ccccc1Cl. The Morgan fingerprint density at radius 1 is 1.06 bits per heavy atom. The fourth-order valence-corrected chi connectivity index (χ4v) is 4.92. The van der Waals surface area contributed by atoms with Crippen LogP contribution in [-0.4, -0.2) is 32.3 Å². The maximum Gasteiger partial charge on any atom is 0.253 e. The third kappa shape index (κ3) is 6.33. The Labute approximate surface area is 215 Å². The molecule has 0 spiro atoms. The molecule has 0 fully saturated rings. The molecule has 0 unspecified atom stereocenters. The predicted octanol–water partition coefficient (Wildman–Crippen LogP) is 6.13. The van der Waals surface area contributed by atoms with Crippen LogP contribution in [0.5, 0.6) is 0 Å². The van der Waals surface area contributed by atoms with Gasteiger partial charge >= 0.3 is 0 Å². The maximum atomic E-state index is 12.6. The summed E-state index contributed by atoms with van der Waals surface area (Å²) in [6.45, 7) is 4.27. The summed E-state index contributed by atoms with van der Waals surface area (Å²) < 4.78 is 1.83. The van der Waals surface area contributed by atoms with Gasteiger partial charge in [0.05, 0.1) is 38.1 Å². The number of hydrogen-bond donors (Lipinski definition) is 2. The summed E-state index contributed by atoms with van der Waals surface area (Å²) in [5, 5.41) is 15.7. The van der Waals surface area contributed by atoms with Crippen molar-refractivity contribution in [2.24, 2.45) is 0 Å². The van der Waals surface area contributed by atoms with Crippen LogP contribution in [0.4, 0.5) is 5.69 Å². The van der Waals surface area contributed by atoms with Gasteiger partial charge < -0.3 is 15.2 Å². The van der Waals surface area contributed by atoms with Gasteiger partial charge in [0.25, 0.3) is 5.91 Å². The molecule has 7 nitrogen and oxygen atoms in total. The molecule has 3 aromatic rings. The molecule has 12 heteroatoms. The largest absolute Gasteiger partial charge is 0.342 e. The zero-order valence-corrected chi connectivity index (χ0v) is 21.4. The first-order chi connectivity index (χ1) is 15.7. The Hall–Kier alpha value is -1.97. The van der Waals surface area contributed by atoms with E-state index in [4.69, 9.17) is 46.4 Å². The number of nitrogens with zero attached hydrogens (tertiary/aromatic N) is 3. The molecule has 0 saturated carbocycles. The van der Waals surface area contributed by atoms with Crippen LogP contribution in [0, 0.1) is 0 Å². The lowest BCUT2D eigenvalue weighted by Crippen LogP contribution is -2.29. The normalized spacial score (nSPS) is 11.8. The minimum Gasteiger partial charge on any atom is -0.342 e. The molecule has 1 atom stereocenters. The van der Waals surface area contributed by atoms with Gasteiger partial charge in [-0.2, -0.15) is 0 Å². The molecule has 1 heterocycles. The molecule has 0 aliphatic carbocycles. The van der Waals surface area contributed by atoms with Crippen LogP contribution in [0.25, 0.3) is 0 Å². The van der Waals surface area contributed by atoms with Crippen molar-refractivity contribution in [2.75, 3.05) is 11.1 Å². The van der Waals surface area contributed by atoms with Crippen LogP contribution >= 0.6 is 58.2 Å². The summed E-state index contributed by atoms with van der Waals surface area (Å²) in [6, 6.07) is 9.35. The molecule has 2 aromatic carbocycles. The van der Waals surface area contributed by atoms with E-state index >= 15 is 0 Å². The number of aromatic nitrogens is 3. The smallest absolute Gasteiger partial charge is 0.253 e. The van der Waals surface area contributed by atoms with Gasteiger partial charge in [-0.3, -0.25) is 9.59 Å². The zero-order valence-electron chi connectivity index (χ0n) is 17.5. The van der Waals surface area contributed by atoms with Gasteiger partial charge in [-0.1, -0.05) is 70.3 Å². The van der Waals surface area contributed by atoms with Gasteiger partial charge in [0, 0.05) is 11.6 Å². The van der Waals surface area contributed by atoms with Crippen molar-refractivity contribution in [1.82, 2.24) is 20.1 Å². The van der Waals surface area contributed by atoms with Gasteiger partial charge in [-0.05, 0) is 38.1 Å². The number of halogens is 4. The Morgan fingerprint density at radius 3 is 2.36 bits per heavy atom. The highest BCUT2D eigenvalue weighted by atomic mass is 35.5. The van der Waals surface area contributed by atoms with Crippen LogP contribution in [0.15, 0.2) is 41.6 Å². The Bertz CT molecular complexity index is 1160. The van der Waals surface area contributed by atoms with Crippen molar-refractivity contribution < 1.29 is 9.59 Å². The molecule has 174 valence electrons. The fraction of sp³-hybridized carbons (Fsp3) is 0.238. The summed E-state index contributed by atoms with van der Waals surface area (Å²) in [7, 11) is 0. The number of thioether (sulfide) groups is 1. The molecular formula is C21H19Cl4N5O2S. The fourth-order valence-electron chi connectivity index (χ4n) is 2.98. The van der Waals surface area contributed by atoms with E-state index in [1.807, 2.05) is 11.5 Å². The second-order valence-electron chi connectivity index (χ2n) is 6.84. The van der Waals surface area contributed by atoms with E-state index < -0.39 is 6.04 Å². The molecule has 0 saturated heterocycles. The predicted molar refractivity (Wildman–Crippen MR) is 134 cm³/mol. The van der Waals surface area contributed by atoms with Crippen LogP contribution in [0.3, 0.4) is 0 Å². The minimum absolute atomic E-state index is 0.0494. The lowest BCUT2D eigenvalue weighted by Gasteiger charge is -2.15. The van der Waals surface area contributed by atoms with Crippen LogP contribution in [0.2, 0.25) is 20.1 Å². The molecule has 0 bridgehead atoms. The maximum absolute atomic E-state index is 12.6. The van der Waals surface area contributed by atoms with Crippen LogP contribution in [0.1, 0.15) is 36.1 Å². The first kappa shape index (κ1) is 25.6. The van der Waals surface area contributed by atoms with Gasteiger partial charge in [0.15, 0.2) is 11.0 Å².